The van der Waals surface area contributed by atoms with Crippen LogP contribution in [0.1, 0.15) is 59.3 Å². The summed E-state index contributed by atoms with van der Waals surface area (Å²) in [6.07, 6.45) is 7.87. The average molecular weight is 438 g/mol. The maximum absolute atomic E-state index is 11.8. The number of benzene rings is 1. The third kappa shape index (κ3) is 4.27. The molecule has 0 radical (unpaired) electrons. The van der Waals surface area contributed by atoms with Crippen molar-refractivity contribution in [3.63, 3.8) is 0 Å². The van der Waals surface area contributed by atoms with E-state index in [2.05, 4.69) is 39.0 Å². The molecular formula is C20H33NO2Sn. The molecular weight excluding hydrogens is 405 g/mol. The van der Waals surface area contributed by atoms with Gasteiger partial charge in [0.15, 0.2) is 0 Å². The summed E-state index contributed by atoms with van der Waals surface area (Å²) in [6, 6.07) is 6.67. The fourth-order valence-corrected chi connectivity index (χ4v) is 19.7. The van der Waals surface area contributed by atoms with Gasteiger partial charge in [0.05, 0.1) is 0 Å². The van der Waals surface area contributed by atoms with Crippen molar-refractivity contribution >= 4 is 33.1 Å². The molecule has 24 heavy (non-hydrogen) atoms. The Labute approximate surface area is 150 Å². The average Bonchev–Trinajstić information content (AvgIpc) is 2.88. The van der Waals surface area contributed by atoms with Gasteiger partial charge in [0.25, 0.3) is 0 Å². The van der Waals surface area contributed by atoms with Gasteiger partial charge in [0.1, 0.15) is 0 Å². The SMILES string of the molecule is CCC[CH2][Sn]([CH2]CCC)([CH2]CCC)[c]1ccc2c(c1)oc(=O)n2C. The molecule has 4 heteroatoms. The zero-order chi connectivity index (χ0) is 17.6. The maximum atomic E-state index is 11.8. The molecule has 0 fully saturated rings. The Hall–Kier alpha value is -0.711. The third-order valence-electron chi connectivity index (χ3n) is 5.43. The molecule has 0 saturated heterocycles. The molecule has 0 aliphatic carbocycles. The van der Waals surface area contributed by atoms with E-state index in [0.29, 0.717) is 0 Å². The van der Waals surface area contributed by atoms with Crippen LogP contribution >= 0.6 is 0 Å². The second kappa shape index (κ2) is 9.12. The van der Waals surface area contributed by atoms with E-state index in [9.17, 15) is 4.79 Å². The fourth-order valence-electron chi connectivity index (χ4n) is 3.82. The van der Waals surface area contributed by atoms with Crippen molar-refractivity contribution in [1.82, 2.24) is 4.57 Å². The summed E-state index contributed by atoms with van der Waals surface area (Å²) >= 11 is -2.43. The number of oxazole rings is 1. The zero-order valence-corrected chi connectivity index (χ0v) is 18.7. The van der Waals surface area contributed by atoms with E-state index >= 15 is 0 Å². The molecule has 2 aromatic rings. The van der Waals surface area contributed by atoms with Gasteiger partial charge in [0, 0.05) is 0 Å². The second-order valence-electron chi connectivity index (χ2n) is 7.20. The Morgan fingerprint density at radius 3 is 2.00 bits per heavy atom. The molecule has 0 aliphatic heterocycles. The molecule has 0 spiro atoms. The predicted octanol–water partition coefficient (Wildman–Crippen LogP) is 5.19. The Balaban J connectivity index is 2.47. The van der Waals surface area contributed by atoms with Gasteiger partial charge in [-0.1, -0.05) is 0 Å². The first-order valence-corrected chi connectivity index (χ1v) is 17.2. The summed E-state index contributed by atoms with van der Waals surface area (Å²) < 4.78 is 13.0. The van der Waals surface area contributed by atoms with Gasteiger partial charge >= 0.3 is 150 Å². The number of hydrogen-bond acceptors (Lipinski definition) is 2. The third-order valence-corrected chi connectivity index (χ3v) is 21.0. The first-order chi connectivity index (χ1) is 11.6. The number of hydrogen-bond donors (Lipinski definition) is 0. The van der Waals surface area contributed by atoms with E-state index in [1.165, 1.54) is 51.8 Å². The number of rotatable bonds is 10. The summed E-state index contributed by atoms with van der Waals surface area (Å²) in [7, 11) is 1.79. The van der Waals surface area contributed by atoms with Crippen LogP contribution in [0, 0.1) is 0 Å². The number of fused-ring (bicyclic) bond motifs is 1. The Bertz CT molecular complexity index is 679. The molecule has 0 saturated carbocycles. The van der Waals surface area contributed by atoms with E-state index in [1.807, 2.05) is 0 Å². The van der Waals surface area contributed by atoms with Crippen molar-refractivity contribution in [2.24, 2.45) is 7.05 Å². The topological polar surface area (TPSA) is 35.1 Å². The first-order valence-electron chi connectivity index (χ1n) is 9.68. The van der Waals surface area contributed by atoms with Crippen molar-refractivity contribution in [3.05, 3.63) is 28.7 Å². The van der Waals surface area contributed by atoms with Crippen LogP contribution in [0.5, 0.6) is 0 Å². The van der Waals surface area contributed by atoms with Crippen LogP contribution in [0.15, 0.2) is 27.4 Å². The summed E-state index contributed by atoms with van der Waals surface area (Å²) in [5.74, 6) is -0.251. The molecule has 1 aromatic carbocycles. The van der Waals surface area contributed by atoms with Gasteiger partial charge in [0.2, 0.25) is 0 Å². The van der Waals surface area contributed by atoms with Crippen LogP contribution in [0.25, 0.3) is 11.1 Å². The normalized spacial score (nSPS) is 12.2. The molecule has 0 atom stereocenters. The van der Waals surface area contributed by atoms with E-state index in [1.54, 1.807) is 15.2 Å². The van der Waals surface area contributed by atoms with Crippen LogP contribution in [0.2, 0.25) is 13.3 Å². The Morgan fingerprint density at radius 2 is 1.50 bits per heavy atom. The number of aromatic nitrogens is 1. The Kier molecular flexibility index (Phi) is 7.45. The molecule has 0 bridgehead atoms. The zero-order valence-electron chi connectivity index (χ0n) is 15.9. The summed E-state index contributed by atoms with van der Waals surface area (Å²) in [4.78, 5) is 11.8. The first kappa shape index (κ1) is 19.6. The van der Waals surface area contributed by atoms with Gasteiger partial charge < -0.3 is 0 Å². The van der Waals surface area contributed by atoms with Crippen molar-refractivity contribution in [2.75, 3.05) is 0 Å². The van der Waals surface area contributed by atoms with Crippen LogP contribution in [-0.4, -0.2) is 22.9 Å². The predicted molar refractivity (Wildman–Crippen MR) is 106 cm³/mol. The molecule has 0 amide bonds. The minimum absolute atomic E-state index is 0.251. The minimum atomic E-state index is -2.43. The molecule has 0 N–H and O–H groups in total. The van der Waals surface area contributed by atoms with Gasteiger partial charge in [-0.3, -0.25) is 0 Å². The molecule has 134 valence electrons. The van der Waals surface area contributed by atoms with Crippen LogP contribution in [0.4, 0.5) is 0 Å². The molecule has 0 aliphatic rings. The molecule has 0 unspecified atom stereocenters. The molecule has 3 nitrogen and oxygen atoms in total. The van der Waals surface area contributed by atoms with Gasteiger partial charge in [-0.05, 0) is 0 Å². The Morgan fingerprint density at radius 1 is 0.958 bits per heavy atom. The van der Waals surface area contributed by atoms with Gasteiger partial charge in [-0.15, -0.1) is 0 Å². The van der Waals surface area contributed by atoms with E-state index in [4.69, 9.17) is 4.42 Å². The number of nitrogens with zero attached hydrogens (tertiary/aromatic N) is 1. The number of unbranched alkanes of at least 4 members (excludes halogenated alkanes) is 3. The summed E-state index contributed by atoms with van der Waals surface area (Å²) in [6.45, 7) is 6.90. The van der Waals surface area contributed by atoms with E-state index < -0.39 is 18.4 Å². The summed E-state index contributed by atoms with van der Waals surface area (Å²) in [5.41, 5.74) is 1.70. The van der Waals surface area contributed by atoms with Gasteiger partial charge in [-0.2, -0.15) is 0 Å². The molecule has 2 rings (SSSR count). The van der Waals surface area contributed by atoms with Crippen molar-refractivity contribution in [3.8, 4) is 0 Å². The monoisotopic (exact) mass is 439 g/mol. The standard InChI is InChI=1S/C8H6NO2.3C4H9.Sn/c1-9-6-4-2-3-5-7(6)11-8(9)10;3*1-3-4-2;/h2,4-5H,1H3;3*1,3-4H2,2H3;. The number of aryl methyl sites for hydroxylation is 1. The van der Waals surface area contributed by atoms with Crippen molar-refractivity contribution < 1.29 is 4.42 Å². The fraction of sp³-hybridized carbons (Fsp3) is 0.650. The molecule has 1 heterocycles. The van der Waals surface area contributed by atoms with Gasteiger partial charge in [-0.25, -0.2) is 0 Å². The molecule has 1 aromatic heterocycles. The van der Waals surface area contributed by atoms with Crippen molar-refractivity contribution in [2.45, 2.75) is 72.6 Å². The van der Waals surface area contributed by atoms with Crippen LogP contribution < -0.4 is 9.34 Å². The summed E-state index contributed by atoms with van der Waals surface area (Å²) in [5, 5.41) is 0. The quantitative estimate of drug-likeness (QED) is 0.479. The van der Waals surface area contributed by atoms with Crippen molar-refractivity contribution in [1.29, 1.82) is 0 Å². The second-order valence-corrected chi connectivity index (χ2v) is 20.4. The van der Waals surface area contributed by atoms with Crippen LogP contribution in [-0.2, 0) is 7.05 Å². The van der Waals surface area contributed by atoms with E-state index in [0.717, 1.165) is 11.1 Å². The van der Waals surface area contributed by atoms with Crippen LogP contribution in [0.3, 0.4) is 0 Å². The van der Waals surface area contributed by atoms with E-state index in [-0.39, 0.29) is 5.76 Å².